The van der Waals surface area contributed by atoms with Crippen LogP contribution >= 0.6 is 62.3 Å². The van der Waals surface area contributed by atoms with Crippen molar-refractivity contribution in [3.63, 3.8) is 0 Å². The Bertz CT molecular complexity index is 850. The molecule has 0 atom stereocenters. The van der Waals surface area contributed by atoms with Crippen LogP contribution in [0.5, 0.6) is 0 Å². The van der Waals surface area contributed by atoms with Crippen molar-refractivity contribution in [3.8, 4) is 0 Å². The van der Waals surface area contributed by atoms with Crippen LogP contribution in [0.3, 0.4) is 0 Å². The molecule has 0 radical (unpaired) electrons. The van der Waals surface area contributed by atoms with Gasteiger partial charge in [0.05, 0.1) is 23.2 Å². The first-order valence-electron chi connectivity index (χ1n) is 5.78. The highest BCUT2D eigenvalue weighted by atomic mass is 79.9. The molecule has 0 saturated heterocycles. The molecule has 0 aliphatic rings. The first-order chi connectivity index (χ1) is 10.4. The van der Waals surface area contributed by atoms with Crippen LogP contribution in [0.25, 0.3) is 9.69 Å². The molecule has 0 N–H and O–H groups in total. The van der Waals surface area contributed by atoms with E-state index in [-0.39, 0.29) is 26.4 Å². The minimum absolute atomic E-state index is 0.0196. The van der Waals surface area contributed by atoms with Crippen LogP contribution in [-0.4, -0.2) is 0 Å². The Morgan fingerprint density at radius 3 is 2.05 bits per heavy atom. The summed E-state index contributed by atoms with van der Waals surface area (Å²) in [4.78, 5) is 6.56. The molecule has 0 aromatic heterocycles. The molecular weight excluding hydrogens is 430 g/mol. The van der Waals surface area contributed by atoms with Gasteiger partial charge in [0.25, 0.3) is 0 Å². The van der Waals surface area contributed by atoms with E-state index >= 15 is 0 Å². The fourth-order valence-corrected chi connectivity index (χ4v) is 3.56. The summed E-state index contributed by atoms with van der Waals surface area (Å²) in [6.45, 7) is 14.3. The summed E-state index contributed by atoms with van der Waals surface area (Å²) in [6.07, 6.45) is 0.357. The Labute approximate surface area is 156 Å². The van der Waals surface area contributed by atoms with E-state index in [9.17, 15) is 0 Å². The van der Waals surface area contributed by atoms with Crippen molar-refractivity contribution in [3.05, 3.63) is 76.7 Å². The molecule has 2 aromatic carbocycles. The molecule has 0 aliphatic carbocycles. The number of benzene rings is 2. The SMILES string of the molecule is [C-]#[N+]c1c(Cl)c(Cl)c(Cc2ccc(Cl)cc2Br)c(Cl)c1[N+]#[C-]. The fourth-order valence-electron chi connectivity index (χ4n) is 1.90. The summed E-state index contributed by atoms with van der Waals surface area (Å²) >= 11 is 28.0. The quantitative estimate of drug-likeness (QED) is 0.337. The molecular formula is C15H5BrCl4N2. The molecule has 2 aromatic rings. The van der Waals surface area contributed by atoms with Crippen LogP contribution in [-0.2, 0) is 6.42 Å². The molecule has 0 bridgehead atoms. The highest BCUT2D eigenvalue weighted by Crippen LogP contribution is 2.49. The summed E-state index contributed by atoms with van der Waals surface area (Å²) in [5.74, 6) is 0. The third-order valence-corrected chi connectivity index (χ3v) is 5.23. The van der Waals surface area contributed by atoms with Gasteiger partial charge < -0.3 is 0 Å². The van der Waals surface area contributed by atoms with Crippen molar-refractivity contribution in [1.82, 2.24) is 0 Å². The molecule has 110 valence electrons. The van der Waals surface area contributed by atoms with Crippen molar-refractivity contribution < 1.29 is 0 Å². The Kier molecular flexibility index (Phi) is 5.61. The van der Waals surface area contributed by atoms with Gasteiger partial charge in [-0.2, -0.15) is 0 Å². The maximum absolute atomic E-state index is 7.21. The average Bonchev–Trinajstić information content (AvgIpc) is 2.49. The zero-order valence-corrected chi connectivity index (χ0v) is 15.3. The van der Waals surface area contributed by atoms with Gasteiger partial charge in [-0.1, -0.05) is 68.4 Å². The van der Waals surface area contributed by atoms with Crippen LogP contribution < -0.4 is 0 Å². The van der Waals surface area contributed by atoms with Crippen LogP contribution in [0.1, 0.15) is 11.1 Å². The Hall–Kier alpha value is -0.940. The second-order valence-corrected chi connectivity index (χ2v) is 6.68. The van der Waals surface area contributed by atoms with E-state index in [1.807, 2.05) is 6.07 Å². The van der Waals surface area contributed by atoms with E-state index in [4.69, 9.17) is 59.5 Å². The van der Waals surface area contributed by atoms with Gasteiger partial charge in [0.2, 0.25) is 11.4 Å². The molecule has 0 unspecified atom stereocenters. The van der Waals surface area contributed by atoms with Crippen LogP contribution in [0.2, 0.25) is 20.1 Å². The standard InChI is InChI=1S/C15H5BrCl4N2/c1-21-14-12(19)9(11(18)13(20)15(14)22-2)5-7-3-4-8(17)6-10(7)16/h3-4,6H,5H2. The maximum atomic E-state index is 7.21. The largest absolute Gasteiger partial charge is 0.248 e. The number of nitrogens with zero attached hydrogens (tertiary/aromatic N) is 2. The second-order valence-electron chi connectivity index (χ2n) is 4.25. The van der Waals surface area contributed by atoms with Crippen LogP contribution in [0, 0.1) is 13.1 Å². The highest BCUT2D eigenvalue weighted by molar-refractivity contribution is 9.10. The summed E-state index contributed by atoms with van der Waals surface area (Å²) in [5.41, 5.74) is 1.39. The van der Waals surface area contributed by atoms with E-state index in [1.54, 1.807) is 12.1 Å². The van der Waals surface area contributed by atoms with Gasteiger partial charge >= 0.3 is 0 Å². The number of halogens is 5. The number of hydrogen-bond donors (Lipinski definition) is 0. The smallest absolute Gasteiger partial charge is 0.215 e. The fraction of sp³-hybridized carbons (Fsp3) is 0.0667. The van der Waals surface area contributed by atoms with Crippen molar-refractivity contribution in [2.24, 2.45) is 0 Å². The molecule has 0 heterocycles. The van der Waals surface area contributed by atoms with Gasteiger partial charge in [-0.05, 0) is 23.3 Å². The van der Waals surface area contributed by atoms with E-state index in [0.29, 0.717) is 17.0 Å². The summed E-state index contributed by atoms with van der Waals surface area (Å²) < 4.78 is 0.793. The predicted molar refractivity (Wildman–Crippen MR) is 96.0 cm³/mol. The van der Waals surface area contributed by atoms with E-state index in [0.717, 1.165) is 10.0 Å². The molecule has 22 heavy (non-hydrogen) atoms. The number of rotatable bonds is 2. The van der Waals surface area contributed by atoms with Crippen molar-refractivity contribution in [1.29, 1.82) is 0 Å². The van der Waals surface area contributed by atoms with Crippen LogP contribution in [0.4, 0.5) is 11.4 Å². The van der Waals surface area contributed by atoms with Crippen molar-refractivity contribution in [2.75, 3.05) is 0 Å². The van der Waals surface area contributed by atoms with Gasteiger partial charge in [0.1, 0.15) is 0 Å². The van der Waals surface area contributed by atoms with Gasteiger partial charge in [0.15, 0.2) is 0 Å². The minimum atomic E-state index is -0.0226. The van der Waals surface area contributed by atoms with E-state index < -0.39 is 0 Å². The Morgan fingerprint density at radius 1 is 0.909 bits per heavy atom. The Balaban J connectivity index is 2.65. The minimum Gasteiger partial charge on any atom is -0.248 e. The zero-order chi connectivity index (χ0) is 16.4. The summed E-state index contributed by atoms with van der Waals surface area (Å²) in [5, 5.41) is 0.979. The topological polar surface area (TPSA) is 8.72 Å². The predicted octanol–water partition coefficient (Wildman–Crippen LogP) is 7.76. The average molecular weight is 435 g/mol. The first kappa shape index (κ1) is 17.4. The Morgan fingerprint density at radius 2 is 1.50 bits per heavy atom. The summed E-state index contributed by atoms with van der Waals surface area (Å²) in [7, 11) is 0. The van der Waals surface area contributed by atoms with Crippen molar-refractivity contribution in [2.45, 2.75) is 6.42 Å². The number of hydrogen-bond acceptors (Lipinski definition) is 0. The van der Waals surface area contributed by atoms with Gasteiger partial charge in [-0.25, -0.2) is 9.69 Å². The van der Waals surface area contributed by atoms with E-state index in [1.165, 1.54) is 0 Å². The highest BCUT2D eigenvalue weighted by Gasteiger charge is 2.22. The van der Waals surface area contributed by atoms with Crippen LogP contribution in [0.15, 0.2) is 22.7 Å². The molecule has 0 fully saturated rings. The lowest BCUT2D eigenvalue weighted by Gasteiger charge is -2.13. The molecule has 2 nitrogen and oxygen atoms in total. The monoisotopic (exact) mass is 432 g/mol. The third-order valence-electron chi connectivity index (χ3n) is 2.97. The lowest BCUT2D eigenvalue weighted by molar-refractivity contribution is 1.18. The molecule has 0 aliphatic heterocycles. The van der Waals surface area contributed by atoms with Gasteiger partial charge in [-0.15, -0.1) is 0 Å². The van der Waals surface area contributed by atoms with Crippen molar-refractivity contribution >= 4 is 73.7 Å². The molecule has 0 saturated carbocycles. The van der Waals surface area contributed by atoms with Gasteiger partial charge in [0, 0.05) is 20.9 Å². The second kappa shape index (κ2) is 7.09. The van der Waals surface area contributed by atoms with E-state index in [2.05, 4.69) is 25.6 Å². The molecule has 0 amide bonds. The normalized spacial score (nSPS) is 10.1. The van der Waals surface area contributed by atoms with Gasteiger partial charge in [-0.3, -0.25) is 0 Å². The summed E-state index contributed by atoms with van der Waals surface area (Å²) in [6, 6.07) is 5.32. The lowest BCUT2D eigenvalue weighted by atomic mass is 10.0. The molecule has 2 rings (SSSR count). The lowest BCUT2D eigenvalue weighted by Crippen LogP contribution is -1.94. The molecule has 7 heteroatoms. The zero-order valence-electron chi connectivity index (χ0n) is 10.7. The maximum Gasteiger partial charge on any atom is 0.215 e. The third kappa shape index (κ3) is 3.20. The first-order valence-corrected chi connectivity index (χ1v) is 8.09. The molecule has 0 spiro atoms.